The van der Waals surface area contributed by atoms with E-state index in [0.717, 1.165) is 19.4 Å². The minimum Gasteiger partial charge on any atom is -0.474 e. The highest BCUT2D eigenvalue weighted by Gasteiger charge is 1.98. The van der Waals surface area contributed by atoms with Crippen molar-refractivity contribution in [2.24, 2.45) is 0 Å². The van der Waals surface area contributed by atoms with Crippen LogP contribution in [0.1, 0.15) is 25.5 Å². The number of unbranched alkanes of at least 4 members (excludes halogenated alkanes) is 1. The van der Waals surface area contributed by atoms with Gasteiger partial charge in [-0.3, -0.25) is 4.98 Å². The van der Waals surface area contributed by atoms with Crippen molar-refractivity contribution in [2.75, 3.05) is 19.8 Å². The Hall–Kier alpha value is -0.870. The van der Waals surface area contributed by atoms with Gasteiger partial charge < -0.3 is 9.47 Å². The van der Waals surface area contributed by atoms with Gasteiger partial charge in [0.25, 0.3) is 0 Å². The molecule has 0 bridgehead atoms. The molecule has 4 nitrogen and oxygen atoms in total. The van der Waals surface area contributed by atoms with Crippen LogP contribution in [0, 0.1) is 0 Å². The van der Waals surface area contributed by atoms with Gasteiger partial charge in [0, 0.05) is 12.8 Å². The average molecular weight is 245 g/mol. The van der Waals surface area contributed by atoms with Crippen LogP contribution in [0.5, 0.6) is 5.88 Å². The lowest BCUT2D eigenvalue weighted by molar-refractivity contribution is 0.0963. The van der Waals surface area contributed by atoms with Crippen LogP contribution in [0.3, 0.4) is 0 Å². The lowest BCUT2D eigenvalue weighted by atomic mass is 10.4. The van der Waals surface area contributed by atoms with E-state index in [0.29, 0.717) is 30.7 Å². The maximum atomic E-state index is 5.63. The van der Waals surface area contributed by atoms with Crippen LogP contribution < -0.4 is 4.74 Å². The molecule has 0 atom stereocenters. The van der Waals surface area contributed by atoms with E-state index in [-0.39, 0.29) is 0 Å². The molecule has 0 saturated heterocycles. The minimum atomic E-state index is 0.344. The molecule has 16 heavy (non-hydrogen) atoms. The monoisotopic (exact) mass is 244 g/mol. The molecule has 1 rings (SSSR count). The summed E-state index contributed by atoms with van der Waals surface area (Å²) in [6.45, 7) is 3.98. The Bertz CT molecular complexity index is 297. The smallest absolute Gasteiger partial charge is 0.232 e. The van der Waals surface area contributed by atoms with E-state index in [1.807, 2.05) is 0 Å². The zero-order valence-corrected chi connectivity index (χ0v) is 10.2. The second kappa shape index (κ2) is 8.30. The molecule has 0 aliphatic carbocycles. The third kappa shape index (κ3) is 5.28. The Balaban J connectivity index is 2.16. The Morgan fingerprint density at radius 2 is 2.12 bits per heavy atom. The van der Waals surface area contributed by atoms with Gasteiger partial charge in [0.15, 0.2) is 0 Å². The largest absolute Gasteiger partial charge is 0.474 e. The maximum Gasteiger partial charge on any atom is 0.232 e. The fourth-order valence-corrected chi connectivity index (χ4v) is 1.20. The molecule has 5 heteroatoms. The van der Waals surface area contributed by atoms with Crippen LogP contribution in [0.2, 0.25) is 0 Å². The van der Waals surface area contributed by atoms with Gasteiger partial charge in [0.1, 0.15) is 6.61 Å². The number of halogens is 1. The molecule has 0 aliphatic heterocycles. The van der Waals surface area contributed by atoms with Crippen molar-refractivity contribution < 1.29 is 9.47 Å². The highest BCUT2D eigenvalue weighted by molar-refractivity contribution is 6.16. The van der Waals surface area contributed by atoms with Crippen LogP contribution in [-0.2, 0) is 10.6 Å². The van der Waals surface area contributed by atoms with Gasteiger partial charge in [-0.25, -0.2) is 4.98 Å². The Kier molecular flexibility index (Phi) is 6.85. The third-order valence-corrected chi connectivity index (χ3v) is 2.19. The van der Waals surface area contributed by atoms with Crippen LogP contribution in [0.4, 0.5) is 0 Å². The summed E-state index contributed by atoms with van der Waals surface area (Å²) < 4.78 is 10.7. The second-order valence-corrected chi connectivity index (χ2v) is 3.56. The van der Waals surface area contributed by atoms with Crippen molar-refractivity contribution in [1.29, 1.82) is 0 Å². The zero-order chi connectivity index (χ0) is 11.6. The summed E-state index contributed by atoms with van der Waals surface area (Å²) in [5.74, 6) is 0.842. The molecule has 0 fully saturated rings. The third-order valence-electron chi connectivity index (χ3n) is 1.92. The van der Waals surface area contributed by atoms with Gasteiger partial charge in [-0.1, -0.05) is 13.3 Å². The first-order chi connectivity index (χ1) is 7.86. The highest BCUT2D eigenvalue weighted by atomic mass is 35.5. The number of aromatic nitrogens is 2. The number of alkyl halides is 1. The van der Waals surface area contributed by atoms with Crippen molar-refractivity contribution >= 4 is 11.6 Å². The topological polar surface area (TPSA) is 44.2 Å². The van der Waals surface area contributed by atoms with Crippen molar-refractivity contribution in [2.45, 2.75) is 25.6 Å². The molecule has 1 aromatic rings. The van der Waals surface area contributed by atoms with Crippen LogP contribution in [0.15, 0.2) is 12.4 Å². The number of rotatable bonds is 8. The summed E-state index contributed by atoms with van der Waals surface area (Å²) in [6, 6.07) is 0. The molecule has 90 valence electrons. The molecule has 0 aliphatic rings. The van der Waals surface area contributed by atoms with Gasteiger partial charge in [-0.05, 0) is 6.42 Å². The zero-order valence-electron chi connectivity index (χ0n) is 9.49. The fraction of sp³-hybridized carbons (Fsp3) is 0.636. The van der Waals surface area contributed by atoms with E-state index in [1.165, 1.54) is 0 Å². The molecular formula is C11H17ClN2O2. The second-order valence-electron chi connectivity index (χ2n) is 3.30. The highest BCUT2D eigenvalue weighted by Crippen LogP contribution is 2.06. The van der Waals surface area contributed by atoms with E-state index in [1.54, 1.807) is 12.4 Å². The molecule has 1 heterocycles. The van der Waals surface area contributed by atoms with E-state index in [4.69, 9.17) is 21.1 Å². The summed E-state index contributed by atoms with van der Waals surface area (Å²) in [4.78, 5) is 8.12. The normalized spacial score (nSPS) is 10.4. The number of hydrogen-bond acceptors (Lipinski definition) is 4. The summed E-state index contributed by atoms with van der Waals surface area (Å²) in [6.07, 6.45) is 5.42. The number of ether oxygens (including phenoxy) is 2. The molecule has 0 saturated carbocycles. The summed E-state index contributed by atoms with van der Waals surface area (Å²) in [5.41, 5.74) is 0.714. The fourth-order valence-electron chi connectivity index (χ4n) is 1.07. The van der Waals surface area contributed by atoms with Gasteiger partial charge in [-0.2, -0.15) is 0 Å². The molecular weight excluding hydrogens is 228 g/mol. The molecule has 0 amide bonds. The number of hydrogen-bond donors (Lipinski definition) is 0. The standard InChI is InChI=1S/C11H17ClN2O2/c1-2-3-4-15-5-6-16-11-9-13-8-10(7-12)14-11/h8-9H,2-7H2,1H3. The van der Waals surface area contributed by atoms with Crippen molar-refractivity contribution in [3.05, 3.63) is 18.1 Å². The quantitative estimate of drug-likeness (QED) is 0.520. The van der Waals surface area contributed by atoms with Crippen molar-refractivity contribution in [3.8, 4) is 5.88 Å². The minimum absolute atomic E-state index is 0.344. The maximum absolute atomic E-state index is 5.63. The summed E-state index contributed by atoms with van der Waals surface area (Å²) >= 11 is 5.63. The van der Waals surface area contributed by atoms with Crippen LogP contribution >= 0.6 is 11.6 Å². The van der Waals surface area contributed by atoms with Crippen molar-refractivity contribution in [1.82, 2.24) is 9.97 Å². The lowest BCUT2D eigenvalue weighted by Crippen LogP contribution is -2.08. The first kappa shape index (κ1) is 13.2. The van der Waals surface area contributed by atoms with Gasteiger partial charge in [-0.15, -0.1) is 11.6 Å². The summed E-state index contributed by atoms with van der Waals surface area (Å²) in [5, 5.41) is 0. The van der Waals surface area contributed by atoms with Crippen LogP contribution in [-0.4, -0.2) is 29.8 Å². The Morgan fingerprint density at radius 3 is 2.88 bits per heavy atom. The van der Waals surface area contributed by atoms with E-state index in [9.17, 15) is 0 Å². The molecule has 0 N–H and O–H groups in total. The lowest BCUT2D eigenvalue weighted by Gasteiger charge is -2.06. The summed E-state index contributed by atoms with van der Waals surface area (Å²) in [7, 11) is 0. The van der Waals surface area contributed by atoms with Gasteiger partial charge in [0.2, 0.25) is 5.88 Å². The molecule has 0 aromatic carbocycles. The van der Waals surface area contributed by atoms with Crippen LogP contribution in [0.25, 0.3) is 0 Å². The van der Waals surface area contributed by atoms with E-state index in [2.05, 4.69) is 16.9 Å². The Labute approximate surface area is 101 Å². The number of nitrogens with zero attached hydrogens (tertiary/aromatic N) is 2. The predicted molar refractivity (Wildman–Crippen MR) is 62.8 cm³/mol. The SMILES string of the molecule is CCCCOCCOc1cncc(CCl)n1. The van der Waals surface area contributed by atoms with Gasteiger partial charge >= 0.3 is 0 Å². The van der Waals surface area contributed by atoms with E-state index >= 15 is 0 Å². The molecule has 1 aromatic heterocycles. The molecule has 0 unspecified atom stereocenters. The van der Waals surface area contributed by atoms with Crippen molar-refractivity contribution in [3.63, 3.8) is 0 Å². The van der Waals surface area contributed by atoms with Gasteiger partial charge in [0.05, 0.1) is 24.4 Å². The molecule has 0 spiro atoms. The first-order valence-electron chi connectivity index (χ1n) is 5.44. The Morgan fingerprint density at radius 1 is 1.25 bits per heavy atom. The average Bonchev–Trinajstić information content (AvgIpc) is 2.34. The predicted octanol–water partition coefficient (Wildman–Crippen LogP) is 2.41. The van der Waals surface area contributed by atoms with E-state index < -0.39 is 0 Å². The molecule has 0 radical (unpaired) electrons. The first-order valence-corrected chi connectivity index (χ1v) is 5.97.